The van der Waals surface area contributed by atoms with Gasteiger partial charge in [0.1, 0.15) is 5.82 Å². The number of aromatic nitrogens is 5. The molecule has 2 aromatic heterocycles. The minimum absolute atomic E-state index is 0.0489. The van der Waals surface area contributed by atoms with Crippen LogP contribution >= 0.6 is 0 Å². The summed E-state index contributed by atoms with van der Waals surface area (Å²) in [5, 5.41) is 8.56. The zero-order valence-corrected chi connectivity index (χ0v) is 14.1. The van der Waals surface area contributed by atoms with Gasteiger partial charge in [-0.2, -0.15) is 0 Å². The Morgan fingerprint density at radius 3 is 2.84 bits per heavy atom. The molecule has 7 nitrogen and oxygen atoms in total. The van der Waals surface area contributed by atoms with E-state index in [0.717, 1.165) is 43.9 Å². The molecule has 0 atom stereocenters. The van der Waals surface area contributed by atoms with Gasteiger partial charge in [0.2, 0.25) is 0 Å². The molecule has 3 heterocycles. The molecule has 25 heavy (non-hydrogen) atoms. The first-order chi connectivity index (χ1) is 12.3. The Kier molecular flexibility index (Phi) is 4.56. The van der Waals surface area contributed by atoms with Gasteiger partial charge in [0.25, 0.3) is 5.56 Å². The van der Waals surface area contributed by atoms with Gasteiger partial charge in [-0.25, -0.2) is 4.98 Å². The molecule has 0 unspecified atom stereocenters. The van der Waals surface area contributed by atoms with Gasteiger partial charge in [0.05, 0.1) is 17.1 Å². The van der Waals surface area contributed by atoms with Crippen LogP contribution in [0.4, 0.5) is 0 Å². The van der Waals surface area contributed by atoms with E-state index in [1.807, 2.05) is 35.1 Å². The summed E-state index contributed by atoms with van der Waals surface area (Å²) < 4.78 is 1.92. The predicted molar refractivity (Wildman–Crippen MR) is 95.3 cm³/mol. The van der Waals surface area contributed by atoms with Gasteiger partial charge in [0.15, 0.2) is 0 Å². The van der Waals surface area contributed by atoms with Crippen LogP contribution in [-0.4, -0.2) is 49.5 Å². The predicted octanol–water partition coefficient (Wildman–Crippen LogP) is 1.47. The maximum atomic E-state index is 12.1. The van der Waals surface area contributed by atoms with Crippen LogP contribution in [0, 0.1) is 5.92 Å². The third-order valence-corrected chi connectivity index (χ3v) is 4.95. The van der Waals surface area contributed by atoms with Gasteiger partial charge in [0, 0.05) is 25.7 Å². The lowest BCUT2D eigenvalue weighted by molar-refractivity contribution is 0.171. The lowest BCUT2D eigenvalue weighted by Crippen LogP contribution is -2.36. The summed E-state index contributed by atoms with van der Waals surface area (Å²) in [6.07, 6.45) is 6.76. The smallest absolute Gasteiger partial charge is 0.258 e. The van der Waals surface area contributed by atoms with E-state index in [1.54, 1.807) is 6.20 Å². The van der Waals surface area contributed by atoms with Gasteiger partial charge in [-0.1, -0.05) is 17.3 Å². The lowest BCUT2D eigenvalue weighted by atomic mass is 9.97. The molecule has 1 aromatic carbocycles. The average Bonchev–Trinajstić information content (AvgIpc) is 3.14. The zero-order valence-electron chi connectivity index (χ0n) is 14.1. The number of likely N-dealkylation sites (tertiary alicyclic amines) is 1. The van der Waals surface area contributed by atoms with Crippen LogP contribution in [0.2, 0.25) is 0 Å². The van der Waals surface area contributed by atoms with E-state index >= 15 is 0 Å². The highest BCUT2D eigenvalue weighted by Crippen LogP contribution is 2.18. The fraction of sp³-hybridized carbons (Fsp3) is 0.444. The third kappa shape index (κ3) is 3.76. The van der Waals surface area contributed by atoms with Crippen LogP contribution < -0.4 is 5.56 Å². The number of piperidine rings is 1. The van der Waals surface area contributed by atoms with Crippen LogP contribution in [0.3, 0.4) is 0 Å². The largest absolute Gasteiger partial charge is 0.310 e. The summed E-state index contributed by atoms with van der Waals surface area (Å²) in [7, 11) is 0. The number of aromatic amines is 1. The number of hydrogen-bond acceptors (Lipinski definition) is 5. The van der Waals surface area contributed by atoms with E-state index in [1.165, 1.54) is 12.8 Å². The summed E-state index contributed by atoms with van der Waals surface area (Å²) in [6, 6.07) is 7.48. The Labute approximate surface area is 145 Å². The number of benzene rings is 1. The molecule has 0 radical (unpaired) electrons. The SMILES string of the molecule is O=c1[nH]c(CCN2CCC(Cn3ccnn3)CC2)nc2ccccc12. The molecule has 7 heteroatoms. The van der Waals surface area contributed by atoms with Crippen LogP contribution in [0.25, 0.3) is 10.9 Å². The van der Waals surface area contributed by atoms with Crippen LogP contribution in [0.15, 0.2) is 41.5 Å². The molecule has 0 bridgehead atoms. The molecule has 1 fully saturated rings. The molecule has 0 spiro atoms. The topological polar surface area (TPSA) is 79.7 Å². The standard InChI is InChI=1S/C18H22N6O/c25-18-15-3-1-2-4-16(15)20-17(21-18)7-11-23-9-5-14(6-10-23)13-24-12-8-19-22-24/h1-4,8,12,14H,5-7,9-11,13H2,(H,20,21,25). The number of H-pyrrole nitrogens is 1. The average molecular weight is 338 g/mol. The van der Waals surface area contributed by atoms with Crippen molar-refractivity contribution in [2.75, 3.05) is 19.6 Å². The highest BCUT2D eigenvalue weighted by molar-refractivity contribution is 5.77. The molecule has 1 aliphatic rings. The molecule has 1 N–H and O–H groups in total. The van der Waals surface area contributed by atoms with Crippen LogP contribution in [0.5, 0.6) is 0 Å². The first-order valence-corrected chi connectivity index (χ1v) is 8.82. The van der Waals surface area contributed by atoms with Crippen molar-refractivity contribution >= 4 is 10.9 Å². The normalized spacial score (nSPS) is 16.5. The van der Waals surface area contributed by atoms with E-state index < -0.39 is 0 Å². The van der Waals surface area contributed by atoms with Gasteiger partial charge < -0.3 is 9.88 Å². The maximum absolute atomic E-state index is 12.1. The van der Waals surface area contributed by atoms with Gasteiger partial charge >= 0.3 is 0 Å². The Morgan fingerprint density at radius 2 is 2.04 bits per heavy atom. The third-order valence-electron chi connectivity index (χ3n) is 4.95. The number of hydrogen-bond donors (Lipinski definition) is 1. The fourth-order valence-corrected chi connectivity index (χ4v) is 3.50. The highest BCUT2D eigenvalue weighted by atomic mass is 16.1. The highest BCUT2D eigenvalue weighted by Gasteiger charge is 2.19. The Bertz CT molecular complexity index is 880. The number of nitrogens with zero attached hydrogens (tertiary/aromatic N) is 5. The van der Waals surface area contributed by atoms with Gasteiger partial charge in [-0.15, -0.1) is 5.10 Å². The monoisotopic (exact) mass is 338 g/mol. The summed E-state index contributed by atoms with van der Waals surface area (Å²) in [5.41, 5.74) is 0.722. The van der Waals surface area contributed by atoms with E-state index in [2.05, 4.69) is 25.2 Å². The van der Waals surface area contributed by atoms with Crippen molar-refractivity contribution in [1.29, 1.82) is 0 Å². The van der Waals surface area contributed by atoms with Crippen molar-refractivity contribution in [3.63, 3.8) is 0 Å². The van der Waals surface area contributed by atoms with Gasteiger partial charge in [-0.3, -0.25) is 9.48 Å². The first kappa shape index (κ1) is 16.0. The molecule has 0 saturated carbocycles. The molecule has 4 rings (SSSR count). The quantitative estimate of drug-likeness (QED) is 0.762. The maximum Gasteiger partial charge on any atom is 0.258 e. The molecule has 3 aromatic rings. The van der Waals surface area contributed by atoms with Crippen molar-refractivity contribution < 1.29 is 0 Å². The second-order valence-corrected chi connectivity index (χ2v) is 6.69. The minimum atomic E-state index is -0.0489. The summed E-state index contributed by atoms with van der Waals surface area (Å²) in [4.78, 5) is 22.1. The van der Waals surface area contributed by atoms with E-state index in [9.17, 15) is 4.79 Å². The number of nitrogens with one attached hydrogen (secondary N) is 1. The van der Waals surface area contributed by atoms with E-state index in [4.69, 9.17) is 0 Å². The second kappa shape index (κ2) is 7.14. The zero-order chi connectivity index (χ0) is 17.1. The van der Waals surface area contributed by atoms with Crippen molar-refractivity contribution in [3.05, 3.63) is 52.8 Å². The van der Waals surface area contributed by atoms with Crippen molar-refractivity contribution in [2.24, 2.45) is 5.92 Å². The van der Waals surface area contributed by atoms with Crippen LogP contribution in [-0.2, 0) is 13.0 Å². The number of para-hydroxylation sites is 1. The fourth-order valence-electron chi connectivity index (χ4n) is 3.50. The Morgan fingerprint density at radius 1 is 1.20 bits per heavy atom. The molecule has 0 aliphatic carbocycles. The molecular formula is C18H22N6O. The molecule has 130 valence electrons. The number of rotatable bonds is 5. The number of fused-ring (bicyclic) bond motifs is 1. The summed E-state index contributed by atoms with van der Waals surface area (Å²) in [6.45, 7) is 4.04. The molecule has 0 amide bonds. The Balaban J connectivity index is 1.31. The van der Waals surface area contributed by atoms with Crippen molar-refractivity contribution in [1.82, 2.24) is 29.9 Å². The lowest BCUT2D eigenvalue weighted by Gasteiger charge is -2.31. The molecule has 1 saturated heterocycles. The van der Waals surface area contributed by atoms with Crippen molar-refractivity contribution in [3.8, 4) is 0 Å². The first-order valence-electron chi connectivity index (χ1n) is 8.82. The molecular weight excluding hydrogens is 316 g/mol. The Hall–Kier alpha value is -2.54. The minimum Gasteiger partial charge on any atom is -0.310 e. The van der Waals surface area contributed by atoms with E-state index in [0.29, 0.717) is 11.3 Å². The second-order valence-electron chi connectivity index (χ2n) is 6.69. The van der Waals surface area contributed by atoms with Crippen molar-refractivity contribution in [2.45, 2.75) is 25.8 Å². The van der Waals surface area contributed by atoms with Crippen LogP contribution in [0.1, 0.15) is 18.7 Å². The van der Waals surface area contributed by atoms with Gasteiger partial charge in [-0.05, 0) is 44.0 Å². The van der Waals surface area contributed by atoms with E-state index in [-0.39, 0.29) is 5.56 Å². The summed E-state index contributed by atoms with van der Waals surface area (Å²) >= 11 is 0. The summed E-state index contributed by atoms with van der Waals surface area (Å²) in [5.74, 6) is 1.44. The molecule has 1 aliphatic heterocycles.